The van der Waals surface area contributed by atoms with Crippen LogP contribution in [0.25, 0.3) is 0 Å². The smallest absolute Gasteiger partial charge is 0.146 e. The second kappa shape index (κ2) is 5.89. The number of hydrogen-bond donors (Lipinski definition) is 1. The van der Waals surface area contributed by atoms with E-state index in [0.717, 1.165) is 5.75 Å². The topological polar surface area (TPSA) is 12.0 Å². The van der Waals surface area contributed by atoms with Gasteiger partial charge in [-0.25, -0.2) is 4.39 Å². The molecule has 0 saturated carbocycles. The molecule has 0 radical (unpaired) electrons. The van der Waals surface area contributed by atoms with E-state index in [2.05, 4.69) is 5.32 Å². The Hall–Kier alpha value is -0.250. The van der Waals surface area contributed by atoms with Crippen LogP contribution >= 0.6 is 23.4 Å². The lowest BCUT2D eigenvalue weighted by atomic mass is 10.1. The van der Waals surface area contributed by atoms with Gasteiger partial charge in [0, 0.05) is 23.9 Å². The van der Waals surface area contributed by atoms with Crippen LogP contribution in [0.4, 0.5) is 4.39 Å². The van der Waals surface area contributed by atoms with Gasteiger partial charge in [0.1, 0.15) is 5.82 Å². The number of thioether (sulfide) groups is 1. The Bertz CT molecular complexity index is 353. The number of rotatable bonds is 3. The predicted molar refractivity (Wildman–Crippen MR) is 68.6 cm³/mol. The molecule has 0 amide bonds. The molecule has 1 aromatic carbocycles. The maximum Gasteiger partial charge on any atom is 0.146 e. The van der Waals surface area contributed by atoms with Crippen molar-refractivity contribution in [3.63, 3.8) is 0 Å². The second-order valence-electron chi connectivity index (χ2n) is 4.01. The standard InChI is InChI=1S/C12H15ClFNS/c13-11-5-1-3-9(12(11)14)7-15-10-4-2-6-16-8-10/h1,3,5,10,15H,2,4,6-8H2. The third-order valence-electron chi connectivity index (χ3n) is 2.77. The molecule has 1 nitrogen and oxygen atoms in total. The molecule has 1 saturated heterocycles. The number of halogens is 2. The third kappa shape index (κ3) is 3.12. The molecule has 1 atom stereocenters. The maximum atomic E-state index is 13.6. The summed E-state index contributed by atoms with van der Waals surface area (Å²) in [6, 6.07) is 5.66. The molecule has 1 aliphatic rings. The van der Waals surface area contributed by atoms with Gasteiger partial charge in [0.05, 0.1) is 5.02 Å². The van der Waals surface area contributed by atoms with Crippen LogP contribution in [0.1, 0.15) is 18.4 Å². The number of benzene rings is 1. The second-order valence-corrected chi connectivity index (χ2v) is 5.56. The van der Waals surface area contributed by atoms with E-state index >= 15 is 0 Å². The van der Waals surface area contributed by atoms with E-state index in [-0.39, 0.29) is 10.8 Å². The first-order valence-electron chi connectivity index (χ1n) is 5.51. The van der Waals surface area contributed by atoms with Crippen molar-refractivity contribution in [1.29, 1.82) is 0 Å². The fourth-order valence-electron chi connectivity index (χ4n) is 1.84. The van der Waals surface area contributed by atoms with Gasteiger partial charge in [-0.1, -0.05) is 23.7 Å². The quantitative estimate of drug-likeness (QED) is 0.892. The summed E-state index contributed by atoms with van der Waals surface area (Å²) in [6.07, 6.45) is 2.44. The zero-order valence-electron chi connectivity index (χ0n) is 9.01. The van der Waals surface area contributed by atoms with Crippen molar-refractivity contribution < 1.29 is 4.39 Å². The molecule has 88 valence electrons. The van der Waals surface area contributed by atoms with Gasteiger partial charge < -0.3 is 5.32 Å². The number of nitrogens with one attached hydrogen (secondary N) is 1. The van der Waals surface area contributed by atoms with Crippen molar-refractivity contribution in [3.05, 3.63) is 34.6 Å². The molecule has 1 fully saturated rings. The van der Waals surface area contributed by atoms with Gasteiger partial charge in [-0.15, -0.1) is 0 Å². The lowest BCUT2D eigenvalue weighted by Gasteiger charge is -2.22. The summed E-state index contributed by atoms with van der Waals surface area (Å²) >= 11 is 7.69. The molecule has 0 aromatic heterocycles. The SMILES string of the molecule is Fc1c(Cl)cccc1CNC1CCCSC1. The summed E-state index contributed by atoms with van der Waals surface area (Å²) < 4.78 is 13.6. The molecular weight excluding hydrogens is 245 g/mol. The Morgan fingerprint density at radius 2 is 2.38 bits per heavy atom. The molecule has 1 heterocycles. The summed E-state index contributed by atoms with van der Waals surface area (Å²) in [5.74, 6) is 2.09. The van der Waals surface area contributed by atoms with E-state index in [1.165, 1.54) is 18.6 Å². The van der Waals surface area contributed by atoms with Crippen molar-refractivity contribution in [2.45, 2.75) is 25.4 Å². The largest absolute Gasteiger partial charge is 0.309 e. The van der Waals surface area contributed by atoms with Crippen molar-refractivity contribution in [1.82, 2.24) is 5.32 Å². The average Bonchev–Trinajstić information content (AvgIpc) is 2.32. The highest BCUT2D eigenvalue weighted by Gasteiger charge is 2.14. The first kappa shape index (κ1) is 12.2. The summed E-state index contributed by atoms with van der Waals surface area (Å²) in [6.45, 7) is 0.567. The fourth-order valence-corrected chi connectivity index (χ4v) is 3.14. The minimum atomic E-state index is -0.292. The predicted octanol–water partition coefficient (Wildman–Crippen LogP) is 3.46. The maximum absolute atomic E-state index is 13.6. The Balaban J connectivity index is 1.91. The van der Waals surface area contributed by atoms with Gasteiger partial charge in [0.2, 0.25) is 0 Å². The molecule has 0 spiro atoms. The molecule has 1 unspecified atom stereocenters. The Labute approximate surface area is 105 Å². The summed E-state index contributed by atoms with van der Waals surface area (Å²) in [4.78, 5) is 0. The summed E-state index contributed by atoms with van der Waals surface area (Å²) in [7, 11) is 0. The normalized spacial score (nSPS) is 21.0. The molecular formula is C12H15ClFNS. The van der Waals surface area contributed by atoms with Crippen LogP contribution in [-0.2, 0) is 6.54 Å². The Morgan fingerprint density at radius 1 is 1.50 bits per heavy atom. The zero-order chi connectivity index (χ0) is 11.4. The van der Waals surface area contributed by atoms with Crippen LogP contribution in [0.2, 0.25) is 5.02 Å². The Kier molecular flexibility index (Phi) is 4.50. The highest BCUT2D eigenvalue weighted by atomic mass is 35.5. The van der Waals surface area contributed by atoms with E-state index in [4.69, 9.17) is 11.6 Å². The van der Waals surface area contributed by atoms with Crippen molar-refractivity contribution in [3.8, 4) is 0 Å². The lowest BCUT2D eigenvalue weighted by molar-refractivity contribution is 0.496. The van der Waals surface area contributed by atoms with E-state index in [1.54, 1.807) is 18.2 Å². The van der Waals surface area contributed by atoms with Gasteiger partial charge >= 0.3 is 0 Å². The average molecular weight is 260 g/mol. The van der Waals surface area contributed by atoms with Crippen molar-refractivity contribution >= 4 is 23.4 Å². The summed E-state index contributed by atoms with van der Waals surface area (Å²) in [5.41, 5.74) is 0.656. The van der Waals surface area contributed by atoms with Gasteiger partial charge in [-0.05, 0) is 24.7 Å². The van der Waals surface area contributed by atoms with Crippen LogP contribution in [0.15, 0.2) is 18.2 Å². The highest BCUT2D eigenvalue weighted by molar-refractivity contribution is 7.99. The monoisotopic (exact) mass is 259 g/mol. The van der Waals surface area contributed by atoms with Crippen LogP contribution in [0.3, 0.4) is 0 Å². The van der Waals surface area contributed by atoms with Crippen LogP contribution in [0.5, 0.6) is 0 Å². The fraction of sp³-hybridized carbons (Fsp3) is 0.500. The van der Waals surface area contributed by atoms with E-state index in [9.17, 15) is 4.39 Å². The Morgan fingerprint density at radius 3 is 3.12 bits per heavy atom. The van der Waals surface area contributed by atoms with Crippen LogP contribution in [0, 0.1) is 5.82 Å². The minimum absolute atomic E-state index is 0.206. The molecule has 1 aromatic rings. The van der Waals surface area contributed by atoms with Crippen molar-refractivity contribution in [2.24, 2.45) is 0 Å². The molecule has 2 rings (SSSR count). The first-order valence-corrected chi connectivity index (χ1v) is 7.04. The molecule has 0 bridgehead atoms. The third-order valence-corrected chi connectivity index (χ3v) is 4.28. The van der Waals surface area contributed by atoms with E-state index < -0.39 is 0 Å². The van der Waals surface area contributed by atoms with E-state index in [0.29, 0.717) is 18.2 Å². The van der Waals surface area contributed by atoms with E-state index in [1.807, 2.05) is 11.8 Å². The van der Waals surface area contributed by atoms with Crippen LogP contribution < -0.4 is 5.32 Å². The summed E-state index contributed by atoms with van der Waals surface area (Å²) in [5, 5.41) is 3.59. The molecule has 1 aliphatic heterocycles. The molecule has 0 aliphatic carbocycles. The van der Waals surface area contributed by atoms with Gasteiger partial charge in [0.15, 0.2) is 0 Å². The number of hydrogen-bond acceptors (Lipinski definition) is 2. The minimum Gasteiger partial charge on any atom is -0.309 e. The first-order chi connectivity index (χ1) is 7.77. The molecule has 4 heteroatoms. The molecule has 1 N–H and O–H groups in total. The zero-order valence-corrected chi connectivity index (χ0v) is 10.6. The molecule has 16 heavy (non-hydrogen) atoms. The highest BCUT2D eigenvalue weighted by Crippen LogP contribution is 2.20. The van der Waals surface area contributed by atoms with Crippen molar-refractivity contribution in [2.75, 3.05) is 11.5 Å². The lowest BCUT2D eigenvalue weighted by Crippen LogP contribution is -2.33. The van der Waals surface area contributed by atoms with Gasteiger partial charge in [-0.2, -0.15) is 11.8 Å². The van der Waals surface area contributed by atoms with Gasteiger partial charge in [0.25, 0.3) is 0 Å². The van der Waals surface area contributed by atoms with Crippen LogP contribution in [-0.4, -0.2) is 17.5 Å². The van der Waals surface area contributed by atoms with Gasteiger partial charge in [-0.3, -0.25) is 0 Å².